The number of nitrogens with one attached hydrogen (secondary N) is 1. The number of hydrogen-bond donors (Lipinski definition) is 3. The van der Waals surface area contributed by atoms with Gasteiger partial charge in [-0.25, -0.2) is 23.5 Å². The van der Waals surface area contributed by atoms with Crippen LogP contribution in [0.25, 0.3) is 21.5 Å². The molecule has 2 unspecified atom stereocenters. The van der Waals surface area contributed by atoms with Crippen LogP contribution >= 0.6 is 0 Å². The van der Waals surface area contributed by atoms with Crippen molar-refractivity contribution in [2.75, 3.05) is 69.4 Å². The molecule has 7 rings (SSSR count). The number of aliphatic hydroxyl groups excluding tert-OH is 1. The number of aliphatic hydroxyl groups is 1. The quantitative estimate of drug-likeness (QED) is 0.205. The number of anilines is 2. The first-order valence-electron chi connectivity index (χ1n) is 16.4. The van der Waals surface area contributed by atoms with E-state index in [9.17, 15) is 13.6 Å². The molecule has 0 bridgehead atoms. The Morgan fingerprint density at radius 2 is 1.37 bits per heavy atom. The fourth-order valence-corrected chi connectivity index (χ4v) is 5.82. The van der Waals surface area contributed by atoms with Crippen molar-refractivity contribution in [3.63, 3.8) is 0 Å². The van der Waals surface area contributed by atoms with E-state index in [0.29, 0.717) is 45.9 Å². The van der Waals surface area contributed by atoms with Crippen LogP contribution in [-0.4, -0.2) is 93.0 Å². The maximum Gasteiger partial charge on any atom is 0.407 e. The van der Waals surface area contributed by atoms with Crippen LogP contribution in [0.15, 0.2) is 91.3 Å². The van der Waals surface area contributed by atoms with Crippen LogP contribution in [0.5, 0.6) is 0 Å². The van der Waals surface area contributed by atoms with Gasteiger partial charge in [0, 0.05) is 69.5 Å². The van der Waals surface area contributed by atoms with E-state index < -0.39 is 6.09 Å². The van der Waals surface area contributed by atoms with Gasteiger partial charge in [0.1, 0.15) is 29.9 Å². The second kappa shape index (κ2) is 19.4. The molecule has 5 aromatic rings. The van der Waals surface area contributed by atoms with Gasteiger partial charge in [-0.2, -0.15) is 0 Å². The minimum Gasteiger partial charge on any atom is -0.445 e. The van der Waals surface area contributed by atoms with Crippen LogP contribution in [0, 0.1) is 11.6 Å². The lowest BCUT2D eigenvalue weighted by atomic mass is 10.1. The average molecular weight is 705 g/mol. The van der Waals surface area contributed by atoms with Crippen LogP contribution in [0.1, 0.15) is 13.0 Å². The number of nitrogens with zero attached hydrogens (tertiary/aromatic N) is 4. The summed E-state index contributed by atoms with van der Waals surface area (Å²) in [4.78, 5) is 25.0. The number of pyridine rings is 2. The first kappa shape index (κ1) is 38.8. The molecular formula is C38H46F2N6O5. The van der Waals surface area contributed by atoms with Crippen LogP contribution < -0.4 is 20.9 Å². The van der Waals surface area contributed by atoms with Gasteiger partial charge in [-0.1, -0.05) is 49.9 Å². The standard InChI is InChI=1S/C22H22FN3O3.C14H16FN3O.CH4O.CH4/c23-18-7-6-17-8-9-24-21(20(17)12-18)26-10-11-28-19(14-26)13-25-22(27)29-15-16-4-2-1-3-5-16;15-11-2-1-10-3-4-17-14(13(10)7-11)18-5-6-19-12(8-16)9-18;1-2;/h1-9,12,19H,10-11,13-15H2,(H,25,27);1-4,7,12H,5-6,8-9,16H2;2H,1H3;1H4. The normalized spacial score (nSPS) is 17.0. The zero-order valence-electron chi connectivity index (χ0n) is 27.9. The summed E-state index contributed by atoms with van der Waals surface area (Å²) >= 11 is 0. The van der Waals surface area contributed by atoms with Gasteiger partial charge < -0.3 is 40.2 Å². The first-order valence-corrected chi connectivity index (χ1v) is 16.4. The largest absolute Gasteiger partial charge is 0.445 e. The number of alkyl carbamates (subject to hydrolysis) is 1. The van der Waals surface area contributed by atoms with E-state index in [0.717, 1.165) is 52.4 Å². The fraction of sp³-hybridized carbons (Fsp3) is 0.342. The molecule has 2 aliphatic rings. The number of carbonyl (C=O) groups is 1. The first-order chi connectivity index (χ1) is 24.5. The molecule has 4 N–H and O–H groups in total. The minimum absolute atomic E-state index is 0. The second-order valence-corrected chi connectivity index (χ2v) is 11.6. The predicted octanol–water partition coefficient (Wildman–Crippen LogP) is 5.29. The summed E-state index contributed by atoms with van der Waals surface area (Å²) in [6, 6.07) is 22.7. The Balaban J connectivity index is 0.000000230. The third-order valence-electron chi connectivity index (χ3n) is 8.24. The molecular weight excluding hydrogens is 658 g/mol. The molecule has 0 aliphatic carbocycles. The highest BCUT2D eigenvalue weighted by Crippen LogP contribution is 2.28. The maximum absolute atomic E-state index is 13.7. The lowest BCUT2D eigenvalue weighted by Gasteiger charge is -2.34. The highest BCUT2D eigenvalue weighted by Gasteiger charge is 2.24. The Morgan fingerprint density at radius 1 is 0.843 bits per heavy atom. The van der Waals surface area contributed by atoms with E-state index in [1.165, 1.54) is 24.3 Å². The molecule has 2 atom stereocenters. The molecule has 1 amide bonds. The second-order valence-electron chi connectivity index (χ2n) is 11.6. The van der Waals surface area contributed by atoms with E-state index >= 15 is 0 Å². The van der Waals surface area contributed by atoms with Gasteiger partial charge in [0.2, 0.25) is 0 Å². The van der Waals surface area contributed by atoms with Crippen molar-refractivity contribution in [1.29, 1.82) is 0 Å². The van der Waals surface area contributed by atoms with Crippen molar-refractivity contribution < 1.29 is 32.9 Å². The van der Waals surface area contributed by atoms with Gasteiger partial charge in [0.25, 0.3) is 0 Å². The van der Waals surface area contributed by atoms with Crippen molar-refractivity contribution in [2.45, 2.75) is 26.2 Å². The van der Waals surface area contributed by atoms with Gasteiger partial charge >= 0.3 is 6.09 Å². The molecule has 3 aromatic carbocycles. The number of aromatic nitrogens is 2. The van der Waals surface area contributed by atoms with Gasteiger partial charge in [-0.05, 0) is 52.7 Å². The number of rotatable bonds is 7. The van der Waals surface area contributed by atoms with Crippen LogP contribution in [0.4, 0.5) is 25.2 Å². The molecule has 2 aromatic heterocycles. The summed E-state index contributed by atoms with van der Waals surface area (Å²) in [5.41, 5.74) is 6.58. The number of fused-ring (bicyclic) bond motifs is 2. The molecule has 0 radical (unpaired) electrons. The molecule has 51 heavy (non-hydrogen) atoms. The molecule has 11 nitrogen and oxygen atoms in total. The summed E-state index contributed by atoms with van der Waals surface area (Å²) < 4.78 is 43.7. The average Bonchev–Trinajstić information content (AvgIpc) is 3.17. The van der Waals surface area contributed by atoms with E-state index in [-0.39, 0.29) is 37.9 Å². The summed E-state index contributed by atoms with van der Waals surface area (Å²) in [5, 5.41) is 13.3. The number of morpholine rings is 2. The Kier molecular flexibility index (Phi) is 14.8. The molecule has 13 heteroatoms. The maximum atomic E-state index is 13.7. The summed E-state index contributed by atoms with van der Waals surface area (Å²) in [6.45, 7) is 4.78. The van der Waals surface area contributed by atoms with Crippen LogP contribution in [0.3, 0.4) is 0 Å². The highest BCUT2D eigenvalue weighted by atomic mass is 19.1. The molecule has 2 aliphatic heterocycles. The molecule has 0 spiro atoms. The minimum atomic E-state index is -0.486. The van der Waals surface area contributed by atoms with E-state index in [4.69, 9.17) is 25.1 Å². The van der Waals surface area contributed by atoms with Crippen LogP contribution in [-0.2, 0) is 20.8 Å². The third-order valence-corrected chi connectivity index (χ3v) is 8.24. The Hall–Kier alpha value is -4.95. The van der Waals surface area contributed by atoms with Crippen LogP contribution in [0.2, 0.25) is 0 Å². The number of amides is 1. The monoisotopic (exact) mass is 704 g/mol. The molecule has 2 saturated heterocycles. The fourth-order valence-electron chi connectivity index (χ4n) is 5.82. The third kappa shape index (κ3) is 10.5. The van der Waals surface area contributed by atoms with Crippen molar-refractivity contribution in [3.8, 4) is 0 Å². The number of ether oxygens (including phenoxy) is 3. The summed E-state index contributed by atoms with van der Waals surface area (Å²) in [5.74, 6) is 0.991. The lowest BCUT2D eigenvalue weighted by Crippen LogP contribution is -2.48. The predicted molar refractivity (Wildman–Crippen MR) is 196 cm³/mol. The zero-order chi connectivity index (χ0) is 35.3. The lowest BCUT2D eigenvalue weighted by molar-refractivity contribution is 0.0391. The Morgan fingerprint density at radius 3 is 1.92 bits per heavy atom. The molecule has 272 valence electrons. The van der Waals surface area contributed by atoms with E-state index in [1.54, 1.807) is 24.5 Å². The van der Waals surface area contributed by atoms with Crippen molar-refractivity contribution in [2.24, 2.45) is 5.73 Å². The smallest absolute Gasteiger partial charge is 0.407 e. The summed E-state index contributed by atoms with van der Waals surface area (Å²) in [7, 11) is 1.00. The van der Waals surface area contributed by atoms with Crippen molar-refractivity contribution >= 4 is 39.3 Å². The van der Waals surface area contributed by atoms with E-state index in [1.807, 2.05) is 42.5 Å². The van der Waals surface area contributed by atoms with Gasteiger partial charge in [0.15, 0.2) is 0 Å². The van der Waals surface area contributed by atoms with Crippen molar-refractivity contribution in [3.05, 3.63) is 108 Å². The number of halogens is 2. The van der Waals surface area contributed by atoms with E-state index in [2.05, 4.69) is 25.1 Å². The topological polar surface area (TPSA) is 135 Å². The molecule has 2 fully saturated rings. The molecule has 0 saturated carbocycles. The number of benzene rings is 3. The molecule has 4 heterocycles. The zero-order valence-corrected chi connectivity index (χ0v) is 27.9. The van der Waals surface area contributed by atoms with Gasteiger partial charge in [0.05, 0.1) is 25.4 Å². The summed E-state index contributed by atoms with van der Waals surface area (Å²) in [6.07, 6.45) is 2.79. The highest BCUT2D eigenvalue weighted by molar-refractivity contribution is 5.93. The Labute approximate surface area is 297 Å². The Bertz CT molecular complexity index is 1840. The number of nitrogens with two attached hydrogens (primary N) is 1. The van der Waals surface area contributed by atoms with Gasteiger partial charge in [-0.3, -0.25) is 0 Å². The van der Waals surface area contributed by atoms with Gasteiger partial charge in [-0.15, -0.1) is 0 Å². The number of carbonyl (C=O) groups excluding carboxylic acids is 1. The number of hydrogen-bond acceptors (Lipinski definition) is 10. The SMILES string of the molecule is C.CO.NCC1CN(c2nccc3ccc(F)cc23)CCO1.O=C(NCC1CN(c2nccc3ccc(F)cc23)CCO1)OCc1ccccc1. The van der Waals surface area contributed by atoms with Crippen molar-refractivity contribution in [1.82, 2.24) is 15.3 Å².